The van der Waals surface area contributed by atoms with E-state index in [2.05, 4.69) is 9.97 Å². The average molecular weight is 173 g/mol. The first-order chi connectivity index (χ1) is 5.11. The van der Waals surface area contributed by atoms with E-state index in [1.165, 1.54) is 6.20 Å². The highest BCUT2D eigenvalue weighted by molar-refractivity contribution is 6.32. The number of nitrogen functional groups attached to an aromatic ring is 1. The van der Waals surface area contributed by atoms with Crippen LogP contribution in [0.1, 0.15) is 0 Å². The van der Waals surface area contributed by atoms with Gasteiger partial charge in [-0.1, -0.05) is 11.6 Å². The van der Waals surface area contributed by atoms with Crippen LogP contribution in [0.15, 0.2) is 6.20 Å². The standard InChI is InChI=1S/C6H9ClN4/c1-11(2)5-4(7)3-9-6(8)10-5/h3H,1-2H3,(H2,8,9,10). The summed E-state index contributed by atoms with van der Waals surface area (Å²) in [7, 11) is 3.68. The Balaban J connectivity index is 3.13. The van der Waals surface area contributed by atoms with Gasteiger partial charge in [-0.2, -0.15) is 4.98 Å². The predicted molar refractivity (Wildman–Crippen MR) is 45.8 cm³/mol. The molecule has 1 aromatic heterocycles. The van der Waals surface area contributed by atoms with Crippen molar-refractivity contribution in [2.24, 2.45) is 0 Å². The Morgan fingerprint density at radius 1 is 1.55 bits per heavy atom. The maximum atomic E-state index is 5.77. The number of hydrogen-bond acceptors (Lipinski definition) is 4. The fourth-order valence-electron chi connectivity index (χ4n) is 0.685. The first-order valence-electron chi connectivity index (χ1n) is 3.06. The molecule has 4 nitrogen and oxygen atoms in total. The third-order valence-electron chi connectivity index (χ3n) is 1.17. The maximum Gasteiger partial charge on any atom is 0.222 e. The summed E-state index contributed by atoms with van der Waals surface area (Å²) in [6.45, 7) is 0. The van der Waals surface area contributed by atoms with Crippen molar-refractivity contribution in [1.29, 1.82) is 0 Å². The van der Waals surface area contributed by atoms with Crippen molar-refractivity contribution in [2.75, 3.05) is 24.7 Å². The number of rotatable bonds is 1. The van der Waals surface area contributed by atoms with Gasteiger partial charge in [-0.3, -0.25) is 0 Å². The van der Waals surface area contributed by atoms with Gasteiger partial charge in [0.25, 0.3) is 0 Å². The van der Waals surface area contributed by atoms with E-state index in [4.69, 9.17) is 17.3 Å². The Bertz CT molecular complexity index is 261. The van der Waals surface area contributed by atoms with Crippen LogP contribution >= 0.6 is 11.6 Å². The van der Waals surface area contributed by atoms with Gasteiger partial charge in [0, 0.05) is 14.1 Å². The van der Waals surface area contributed by atoms with Gasteiger partial charge in [0.15, 0.2) is 5.82 Å². The molecule has 0 atom stereocenters. The van der Waals surface area contributed by atoms with Crippen LogP contribution in [0.25, 0.3) is 0 Å². The average Bonchev–Trinajstić information content (AvgIpc) is 1.94. The number of halogens is 1. The van der Waals surface area contributed by atoms with E-state index in [-0.39, 0.29) is 5.95 Å². The lowest BCUT2D eigenvalue weighted by molar-refractivity contribution is 1.05. The highest BCUT2D eigenvalue weighted by atomic mass is 35.5. The summed E-state index contributed by atoms with van der Waals surface area (Å²) in [6.07, 6.45) is 1.49. The van der Waals surface area contributed by atoms with Crippen LogP contribution in [-0.4, -0.2) is 24.1 Å². The maximum absolute atomic E-state index is 5.77. The monoisotopic (exact) mass is 172 g/mol. The fraction of sp³-hybridized carbons (Fsp3) is 0.333. The molecule has 0 fully saturated rings. The molecule has 1 heterocycles. The molecule has 0 radical (unpaired) electrons. The molecule has 1 aromatic rings. The van der Waals surface area contributed by atoms with Gasteiger partial charge in [-0.25, -0.2) is 4.98 Å². The molecule has 60 valence electrons. The zero-order chi connectivity index (χ0) is 8.43. The molecule has 0 aliphatic heterocycles. The lowest BCUT2D eigenvalue weighted by atomic mass is 10.5. The second-order valence-corrected chi connectivity index (χ2v) is 2.70. The molecule has 0 unspecified atom stereocenters. The van der Waals surface area contributed by atoms with E-state index in [1.54, 1.807) is 4.90 Å². The molecular weight excluding hydrogens is 164 g/mol. The number of anilines is 2. The minimum Gasteiger partial charge on any atom is -0.368 e. The lowest BCUT2D eigenvalue weighted by Crippen LogP contribution is -2.12. The van der Waals surface area contributed by atoms with Gasteiger partial charge in [0.2, 0.25) is 5.95 Å². The zero-order valence-corrected chi connectivity index (χ0v) is 7.13. The molecule has 0 aromatic carbocycles. The molecule has 0 amide bonds. The number of nitrogens with zero attached hydrogens (tertiary/aromatic N) is 3. The van der Waals surface area contributed by atoms with Crippen LogP contribution in [-0.2, 0) is 0 Å². The smallest absolute Gasteiger partial charge is 0.222 e. The topological polar surface area (TPSA) is 55.0 Å². The van der Waals surface area contributed by atoms with Crippen LogP contribution in [0.4, 0.5) is 11.8 Å². The van der Waals surface area contributed by atoms with Gasteiger partial charge in [0.1, 0.15) is 5.02 Å². The van der Waals surface area contributed by atoms with E-state index in [0.29, 0.717) is 10.8 Å². The normalized spacial score (nSPS) is 9.73. The van der Waals surface area contributed by atoms with Crippen LogP contribution < -0.4 is 10.6 Å². The summed E-state index contributed by atoms with van der Waals surface area (Å²) in [4.78, 5) is 9.44. The lowest BCUT2D eigenvalue weighted by Gasteiger charge is -2.11. The predicted octanol–water partition coefficient (Wildman–Crippen LogP) is 0.778. The van der Waals surface area contributed by atoms with Crippen molar-refractivity contribution in [3.05, 3.63) is 11.2 Å². The summed E-state index contributed by atoms with van der Waals surface area (Å²) < 4.78 is 0. The third-order valence-corrected chi connectivity index (χ3v) is 1.43. The molecule has 11 heavy (non-hydrogen) atoms. The van der Waals surface area contributed by atoms with Crippen LogP contribution in [0.5, 0.6) is 0 Å². The molecule has 0 bridgehead atoms. The minimum absolute atomic E-state index is 0.234. The number of hydrogen-bond donors (Lipinski definition) is 1. The van der Waals surface area contributed by atoms with Crippen molar-refractivity contribution in [2.45, 2.75) is 0 Å². The summed E-state index contributed by atoms with van der Waals surface area (Å²) in [6, 6.07) is 0. The third kappa shape index (κ3) is 1.71. The Hall–Kier alpha value is -1.03. The second kappa shape index (κ2) is 2.92. The van der Waals surface area contributed by atoms with Gasteiger partial charge < -0.3 is 10.6 Å². The van der Waals surface area contributed by atoms with E-state index >= 15 is 0 Å². The van der Waals surface area contributed by atoms with Crippen LogP contribution in [0, 0.1) is 0 Å². The van der Waals surface area contributed by atoms with Crippen molar-refractivity contribution < 1.29 is 0 Å². The van der Waals surface area contributed by atoms with E-state index in [9.17, 15) is 0 Å². The molecule has 1 rings (SSSR count). The van der Waals surface area contributed by atoms with E-state index in [1.807, 2.05) is 14.1 Å². The molecule has 0 saturated heterocycles. The Kier molecular flexibility index (Phi) is 2.14. The molecule has 5 heteroatoms. The van der Waals surface area contributed by atoms with Crippen LogP contribution in [0.3, 0.4) is 0 Å². The van der Waals surface area contributed by atoms with Gasteiger partial charge >= 0.3 is 0 Å². The Labute approximate surface area is 70.0 Å². The molecule has 0 aliphatic carbocycles. The number of nitrogens with two attached hydrogens (primary N) is 1. The minimum atomic E-state index is 0.234. The molecular formula is C6H9ClN4. The van der Waals surface area contributed by atoms with Crippen molar-refractivity contribution >= 4 is 23.4 Å². The van der Waals surface area contributed by atoms with E-state index in [0.717, 1.165) is 0 Å². The van der Waals surface area contributed by atoms with Gasteiger partial charge in [-0.15, -0.1) is 0 Å². The molecule has 0 spiro atoms. The summed E-state index contributed by atoms with van der Waals surface area (Å²) in [5.74, 6) is 0.872. The summed E-state index contributed by atoms with van der Waals surface area (Å²) in [5.41, 5.74) is 5.36. The zero-order valence-electron chi connectivity index (χ0n) is 6.37. The highest BCUT2D eigenvalue weighted by Gasteiger charge is 2.04. The van der Waals surface area contributed by atoms with Crippen LogP contribution in [0.2, 0.25) is 5.02 Å². The second-order valence-electron chi connectivity index (χ2n) is 2.29. The fourth-order valence-corrected chi connectivity index (χ4v) is 0.945. The first-order valence-corrected chi connectivity index (χ1v) is 3.44. The molecule has 2 N–H and O–H groups in total. The Morgan fingerprint density at radius 2 is 2.18 bits per heavy atom. The van der Waals surface area contributed by atoms with Crippen molar-refractivity contribution in [3.8, 4) is 0 Å². The SMILES string of the molecule is CN(C)c1nc(N)ncc1Cl. The van der Waals surface area contributed by atoms with Gasteiger partial charge in [0.05, 0.1) is 6.20 Å². The summed E-state index contributed by atoms with van der Waals surface area (Å²) in [5, 5.41) is 0.504. The van der Waals surface area contributed by atoms with Gasteiger partial charge in [-0.05, 0) is 0 Å². The highest BCUT2D eigenvalue weighted by Crippen LogP contribution is 2.20. The largest absolute Gasteiger partial charge is 0.368 e. The number of aromatic nitrogens is 2. The van der Waals surface area contributed by atoms with Crippen molar-refractivity contribution in [1.82, 2.24) is 9.97 Å². The van der Waals surface area contributed by atoms with E-state index < -0.39 is 0 Å². The summed E-state index contributed by atoms with van der Waals surface area (Å²) >= 11 is 5.77. The van der Waals surface area contributed by atoms with Crippen molar-refractivity contribution in [3.63, 3.8) is 0 Å². The first kappa shape index (κ1) is 8.07. The quantitative estimate of drug-likeness (QED) is 0.680. The molecule has 0 aliphatic rings. The Morgan fingerprint density at radius 3 is 2.64 bits per heavy atom. The molecule has 0 saturated carbocycles.